The Morgan fingerprint density at radius 3 is 2.12 bits per heavy atom. The van der Waals surface area contributed by atoms with E-state index in [1.807, 2.05) is 4.90 Å². The molecule has 0 saturated carbocycles. The van der Waals surface area contributed by atoms with E-state index < -0.39 is 10.0 Å². The lowest BCUT2D eigenvalue weighted by molar-refractivity contribution is 0.0623. The van der Waals surface area contributed by atoms with Gasteiger partial charge in [0.05, 0.1) is 4.90 Å². The molecular formula is C20H24N2O3S. The number of piperidine rings is 1. The lowest BCUT2D eigenvalue weighted by atomic mass is 9.91. The molecule has 1 fully saturated rings. The second kappa shape index (κ2) is 7.50. The monoisotopic (exact) mass is 372 g/mol. The maximum Gasteiger partial charge on any atom is 0.261 e. The van der Waals surface area contributed by atoms with Gasteiger partial charge in [-0.05, 0) is 54.7 Å². The molecule has 1 amide bonds. The summed E-state index contributed by atoms with van der Waals surface area (Å²) in [6.07, 6.45) is 1.14. The van der Waals surface area contributed by atoms with Crippen LogP contribution < -0.4 is 4.72 Å². The van der Waals surface area contributed by atoms with E-state index in [4.69, 9.17) is 0 Å². The summed E-state index contributed by atoms with van der Waals surface area (Å²) >= 11 is 0. The molecule has 2 aromatic carbocycles. The van der Waals surface area contributed by atoms with Crippen molar-refractivity contribution in [2.24, 2.45) is 11.8 Å². The summed E-state index contributed by atoms with van der Waals surface area (Å²) in [5.74, 6) is 1.00. The van der Waals surface area contributed by atoms with Crippen LogP contribution in [-0.2, 0) is 10.0 Å². The number of carbonyl (C=O) groups excluding carboxylic acids is 1. The van der Waals surface area contributed by atoms with Crippen LogP contribution in [-0.4, -0.2) is 32.3 Å². The Labute approximate surface area is 155 Å². The van der Waals surface area contributed by atoms with Gasteiger partial charge < -0.3 is 4.90 Å². The Kier molecular flexibility index (Phi) is 5.32. The summed E-state index contributed by atoms with van der Waals surface area (Å²) in [4.78, 5) is 14.8. The molecule has 0 radical (unpaired) electrons. The van der Waals surface area contributed by atoms with Gasteiger partial charge in [0.15, 0.2) is 0 Å². The lowest BCUT2D eigenvalue weighted by Gasteiger charge is -2.35. The van der Waals surface area contributed by atoms with Gasteiger partial charge in [0, 0.05) is 24.3 Å². The maximum atomic E-state index is 12.7. The molecule has 1 aliphatic heterocycles. The molecule has 0 aromatic heterocycles. The molecule has 138 valence electrons. The molecule has 1 heterocycles. The molecule has 0 bridgehead atoms. The van der Waals surface area contributed by atoms with E-state index in [1.165, 1.54) is 0 Å². The summed E-state index contributed by atoms with van der Waals surface area (Å²) in [5.41, 5.74) is 1.01. The van der Waals surface area contributed by atoms with E-state index in [1.54, 1.807) is 54.6 Å². The number of likely N-dealkylation sites (tertiary alicyclic amines) is 1. The molecule has 5 nitrogen and oxygen atoms in total. The zero-order valence-electron chi connectivity index (χ0n) is 15.1. The SMILES string of the molecule is C[C@H]1C[C@H](C)CN(C(=O)c2ccc(NS(=O)(=O)c3ccccc3)cc2)C1. The second-order valence-corrected chi connectivity index (χ2v) is 8.83. The number of anilines is 1. The number of rotatable bonds is 4. The van der Waals surface area contributed by atoms with Crippen LogP contribution >= 0.6 is 0 Å². The van der Waals surface area contributed by atoms with Crippen LogP contribution in [0.3, 0.4) is 0 Å². The number of hydrogen-bond acceptors (Lipinski definition) is 3. The van der Waals surface area contributed by atoms with E-state index in [-0.39, 0.29) is 10.8 Å². The van der Waals surface area contributed by atoms with Gasteiger partial charge >= 0.3 is 0 Å². The minimum Gasteiger partial charge on any atom is -0.338 e. The molecule has 6 heteroatoms. The summed E-state index contributed by atoms with van der Waals surface area (Å²) in [6, 6.07) is 14.8. The highest BCUT2D eigenvalue weighted by molar-refractivity contribution is 7.92. The normalized spacial score (nSPS) is 20.6. The summed E-state index contributed by atoms with van der Waals surface area (Å²) in [6.45, 7) is 5.87. The van der Waals surface area contributed by atoms with E-state index >= 15 is 0 Å². The first-order valence-corrected chi connectivity index (χ1v) is 10.3. The Balaban J connectivity index is 1.71. The number of benzene rings is 2. The Hall–Kier alpha value is -2.34. The van der Waals surface area contributed by atoms with Gasteiger partial charge in [-0.3, -0.25) is 9.52 Å². The van der Waals surface area contributed by atoms with Crippen LogP contribution in [0, 0.1) is 11.8 Å². The highest BCUT2D eigenvalue weighted by Gasteiger charge is 2.26. The number of nitrogens with one attached hydrogen (secondary N) is 1. The maximum absolute atomic E-state index is 12.7. The lowest BCUT2D eigenvalue weighted by Crippen LogP contribution is -2.42. The van der Waals surface area contributed by atoms with Gasteiger partial charge in [0.2, 0.25) is 0 Å². The standard InChI is InChI=1S/C20H24N2O3S/c1-15-12-16(2)14-22(13-15)20(23)17-8-10-18(11-9-17)21-26(24,25)19-6-4-3-5-7-19/h3-11,15-16,21H,12-14H2,1-2H3/t15-,16-/m0/s1. The Morgan fingerprint density at radius 2 is 1.54 bits per heavy atom. The molecule has 1 saturated heterocycles. The van der Waals surface area contributed by atoms with Crippen molar-refractivity contribution in [3.63, 3.8) is 0 Å². The van der Waals surface area contributed by atoms with Crippen molar-refractivity contribution in [1.82, 2.24) is 4.90 Å². The van der Waals surface area contributed by atoms with Gasteiger partial charge in [-0.2, -0.15) is 0 Å². The zero-order valence-corrected chi connectivity index (χ0v) is 15.9. The van der Waals surface area contributed by atoms with Crippen molar-refractivity contribution in [3.8, 4) is 0 Å². The zero-order chi connectivity index (χ0) is 18.7. The number of sulfonamides is 1. The highest BCUT2D eigenvalue weighted by atomic mass is 32.2. The van der Waals surface area contributed by atoms with Crippen molar-refractivity contribution in [1.29, 1.82) is 0 Å². The van der Waals surface area contributed by atoms with Crippen LogP contribution in [0.2, 0.25) is 0 Å². The topological polar surface area (TPSA) is 66.5 Å². The van der Waals surface area contributed by atoms with E-state index in [9.17, 15) is 13.2 Å². The number of hydrogen-bond donors (Lipinski definition) is 1. The summed E-state index contributed by atoms with van der Waals surface area (Å²) < 4.78 is 27.2. The van der Waals surface area contributed by atoms with E-state index in [0.717, 1.165) is 19.5 Å². The molecule has 0 aliphatic carbocycles. The molecular weight excluding hydrogens is 348 g/mol. The first kappa shape index (κ1) is 18.5. The minimum absolute atomic E-state index is 0.000802. The molecule has 2 atom stereocenters. The third kappa shape index (κ3) is 4.25. The summed E-state index contributed by atoms with van der Waals surface area (Å²) in [7, 11) is -3.63. The molecule has 2 aromatic rings. The van der Waals surface area contributed by atoms with Gasteiger partial charge in [-0.25, -0.2) is 8.42 Å². The van der Waals surface area contributed by atoms with Crippen molar-refractivity contribution in [2.45, 2.75) is 25.2 Å². The van der Waals surface area contributed by atoms with Crippen molar-refractivity contribution < 1.29 is 13.2 Å². The summed E-state index contributed by atoms with van der Waals surface area (Å²) in [5, 5.41) is 0. The van der Waals surface area contributed by atoms with E-state index in [2.05, 4.69) is 18.6 Å². The van der Waals surface area contributed by atoms with Gasteiger partial charge in [0.1, 0.15) is 0 Å². The van der Waals surface area contributed by atoms with Crippen LogP contribution in [0.5, 0.6) is 0 Å². The number of carbonyl (C=O) groups is 1. The molecule has 0 unspecified atom stereocenters. The fourth-order valence-corrected chi connectivity index (χ4v) is 4.59. The minimum atomic E-state index is -3.63. The number of nitrogens with zero attached hydrogens (tertiary/aromatic N) is 1. The smallest absolute Gasteiger partial charge is 0.261 e. The van der Waals surface area contributed by atoms with Crippen LogP contribution in [0.15, 0.2) is 59.5 Å². The molecule has 3 rings (SSSR count). The third-order valence-electron chi connectivity index (χ3n) is 4.59. The van der Waals surface area contributed by atoms with Crippen LogP contribution in [0.1, 0.15) is 30.6 Å². The predicted octanol–water partition coefficient (Wildman–Crippen LogP) is 3.61. The number of amides is 1. The molecule has 0 spiro atoms. The molecule has 1 N–H and O–H groups in total. The van der Waals surface area contributed by atoms with Crippen molar-refractivity contribution >= 4 is 21.6 Å². The first-order valence-electron chi connectivity index (χ1n) is 8.82. The Morgan fingerprint density at radius 1 is 0.962 bits per heavy atom. The van der Waals surface area contributed by atoms with Crippen molar-refractivity contribution in [2.75, 3.05) is 17.8 Å². The average molecular weight is 372 g/mol. The molecule has 26 heavy (non-hydrogen) atoms. The first-order chi connectivity index (χ1) is 12.3. The average Bonchev–Trinajstić information content (AvgIpc) is 2.61. The van der Waals surface area contributed by atoms with Crippen LogP contribution in [0.4, 0.5) is 5.69 Å². The van der Waals surface area contributed by atoms with Gasteiger partial charge in [-0.15, -0.1) is 0 Å². The van der Waals surface area contributed by atoms with Crippen LogP contribution in [0.25, 0.3) is 0 Å². The fraction of sp³-hybridized carbons (Fsp3) is 0.350. The quantitative estimate of drug-likeness (QED) is 0.892. The van der Waals surface area contributed by atoms with Gasteiger partial charge in [0.25, 0.3) is 15.9 Å². The molecule has 1 aliphatic rings. The van der Waals surface area contributed by atoms with Crippen molar-refractivity contribution in [3.05, 3.63) is 60.2 Å². The largest absolute Gasteiger partial charge is 0.338 e. The van der Waals surface area contributed by atoms with Gasteiger partial charge in [-0.1, -0.05) is 32.0 Å². The Bertz CT molecular complexity index is 854. The fourth-order valence-electron chi connectivity index (χ4n) is 3.51. The highest BCUT2D eigenvalue weighted by Crippen LogP contribution is 2.23. The second-order valence-electron chi connectivity index (χ2n) is 7.15. The predicted molar refractivity (Wildman–Crippen MR) is 103 cm³/mol. The third-order valence-corrected chi connectivity index (χ3v) is 5.99. The van der Waals surface area contributed by atoms with E-state index in [0.29, 0.717) is 23.1 Å².